The van der Waals surface area contributed by atoms with E-state index in [0.29, 0.717) is 17.7 Å². The minimum Gasteiger partial charge on any atom is -0.508 e. The number of hydrogen-bond acceptors (Lipinski definition) is 3. The fraction of sp³-hybridized carbons (Fsp3) is 0.417. The average molecular weight is 389 g/mol. The van der Waals surface area contributed by atoms with Gasteiger partial charge in [-0.2, -0.15) is 0 Å². The standard InChI is InChI=1S/C24H27N3O2/c1-23(2)21-13-16-17(6-5-7-20(16)28)24(23,3)10-11-27(21)22(29)15-8-9-19-18(12-15)25-14-26(19)4/h5-9,12,14,21,28H,10-11,13H2,1-4H3/t21-,24?/m1/s1. The van der Waals surface area contributed by atoms with Crippen molar-refractivity contribution < 1.29 is 9.90 Å². The van der Waals surface area contributed by atoms with Crippen molar-refractivity contribution >= 4 is 16.9 Å². The zero-order valence-electron chi connectivity index (χ0n) is 17.4. The lowest BCUT2D eigenvalue weighted by atomic mass is 9.51. The highest BCUT2D eigenvalue weighted by molar-refractivity contribution is 5.97. The van der Waals surface area contributed by atoms with Gasteiger partial charge in [0.05, 0.1) is 17.4 Å². The summed E-state index contributed by atoms with van der Waals surface area (Å²) in [5.74, 6) is 0.398. The molecule has 0 spiro atoms. The maximum Gasteiger partial charge on any atom is 0.254 e. The van der Waals surface area contributed by atoms with Gasteiger partial charge in [-0.3, -0.25) is 4.79 Å². The smallest absolute Gasteiger partial charge is 0.254 e. The van der Waals surface area contributed by atoms with Gasteiger partial charge in [-0.1, -0.05) is 32.9 Å². The predicted octanol–water partition coefficient (Wildman–Crippen LogP) is 4.03. The minimum absolute atomic E-state index is 0.0361. The maximum absolute atomic E-state index is 13.6. The number of carbonyl (C=O) groups is 1. The van der Waals surface area contributed by atoms with Crippen LogP contribution in [0.5, 0.6) is 5.75 Å². The normalized spacial score (nSPS) is 25.1. The first-order chi connectivity index (χ1) is 13.7. The first-order valence-corrected chi connectivity index (χ1v) is 10.3. The zero-order valence-corrected chi connectivity index (χ0v) is 17.4. The highest BCUT2D eigenvalue weighted by atomic mass is 16.3. The second-order valence-corrected chi connectivity index (χ2v) is 9.38. The molecule has 3 aromatic rings. The molecule has 2 aliphatic rings. The van der Waals surface area contributed by atoms with E-state index in [9.17, 15) is 9.90 Å². The van der Waals surface area contributed by atoms with Crippen molar-refractivity contribution in [1.82, 2.24) is 14.5 Å². The second kappa shape index (κ2) is 5.85. The highest BCUT2D eigenvalue weighted by Gasteiger charge is 2.57. The van der Waals surface area contributed by atoms with Crippen LogP contribution in [-0.4, -0.2) is 38.1 Å². The molecule has 1 aliphatic heterocycles. The number of aromatic nitrogens is 2. The Labute approximate surface area is 171 Å². The number of fused-ring (bicyclic) bond motifs is 5. The summed E-state index contributed by atoms with van der Waals surface area (Å²) in [4.78, 5) is 20.0. The van der Waals surface area contributed by atoms with E-state index in [2.05, 4.69) is 31.8 Å². The molecule has 2 atom stereocenters. The fourth-order valence-electron chi connectivity index (χ4n) is 5.60. The van der Waals surface area contributed by atoms with E-state index in [4.69, 9.17) is 0 Å². The monoisotopic (exact) mass is 389 g/mol. The molecule has 29 heavy (non-hydrogen) atoms. The molecule has 2 bridgehead atoms. The third kappa shape index (κ3) is 2.33. The number of aromatic hydroxyl groups is 1. The molecule has 5 rings (SSSR count). The molecule has 1 N–H and O–H groups in total. The SMILES string of the molecule is Cn1cnc2cc(C(=O)N3CCC4(C)c5cccc(O)c5C[C@@H]3C4(C)C)ccc21. The first-order valence-electron chi connectivity index (χ1n) is 10.3. The molecular formula is C24H27N3O2. The lowest BCUT2D eigenvalue weighted by Crippen LogP contribution is -2.64. The molecule has 1 aromatic heterocycles. The number of aryl methyl sites for hydroxylation is 1. The number of phenols is 1. The Morgan fingerprint density at radius 3 is 2.79 bits per heavy atom. The molecule has 0 radical (unpaired) electrons. The number of carbonyl (C=O) groups excluding carboxylic acids is 1. The quantitative estimate of drug-likeness (QED) is 0.683. The third-order valence-corrected chi connectivity index (χ3v) is 7.86. The van der Waals surface area contributed by atoms with Crippen LogP contribution in [0.2, 0.25) is 0 Å². The summed E-state index contributed by atoms with van der Waals surface area (Å²) in [6.07, 6.45) is 3.34. The molecule has 5 nitrogen and oxygen atoms in total. The van der Waals surface area contributed by atoms with Crippen LogP contribution in [0, 0.1) is 5.41 Å². The van der Waals surface area contributed by atoms with Crippen LogP contribution < -0.4 is 0 Å². The molecule has 150 valence electrons. The lowest BCUT2D eigenvalue weighted by molar-refractivity contribution is -0.0266. The van der Waals surface area contributed by atoms with Crippen molar-refractivity contribution in [2.75, 3.05) is 6.54 Å². The number of amides is 1. The van der Waals surface area contributed by atoms with Crippen LogP contribution in [0.4, 0.5) is 0 Å². The first kappa shape index (κ1) is 18.2. The number of likely N-dealkylation sites (tertiary alicyclic amines) is 1. The van der Waals surface area contributed by atoms with Crippen molar-refractivity contribution in [3.05, 3.63) is 59.4 Å². The van der Waals surface area contributed by atoms with Crippen LogP contribution in [0.15, 0.2) is 42.7 Å². The van der Waals surface area contributed by atoms with E-state index in [0.717, 1.165) is 29.6 Å². The third-order valence-electron chi connectivity index (χ3n) is 7.86. The summed E-state index contributed by atoms with van der Waals surface area (Å²) in [7, 11) is 1.96. The summed E-state index contributed by atoms with van der Waals surface area (Å²) in [6.45, 7) is 7.55. The Morgan fingerprint density at radius 1 is 1.21 bits per heavy atom. The Balaban J connectivity index is 1.57. The van der Waals surface area contributed by atoms with Gasteiger partial charge in [0.2, 0.25) is 0 Å². The number of piperidine rings is 1. The van der Waals surface area contributed by atoms with Crippen LogP contribution in [0.25, 0.3) is 11.0 Å². The fourth-order valence-corrected chi connectivity index (χ4v) is 5.60. The van der Waals surface area contributed by atoms with E-state index in [1.807, 2.05) is 40.8 Å². The number of hydrogen-bond donors (Lipinski definition) is 1. The molecule has 0 saturated carbocycles. The van der Waals surface area contributed by atoms with Crippen LogP contribution >= 0.6 is 0 Å². The minimum atomic E-state index is -0.100. The molecule has 1 aliphatic carbocycles. The number of rotatable bonds is 1. The summed E-state index contributed by atoms with van der Waals surface area (Å²) in [6, 6.07) is 11.7. The van der Waals surface area contributed by atoms with Gasteiger partial charge in [0.1, 0.15) is 5.75 Å². The molecule has 2 aromatic carbocycles. The largest absolute Gasteiger partial charge is 0.508 e. The van der Waals surface area contributed by atoms with Gasteiger partial charge in [0.15, 0.2) is 0 Å². The van der Waals surface area contributed by atoms with Crippen LogP contribution in [0.3, 0.4) is 0 Å². The summed E-state index contributed by atoms with van der Waals surface area (Å²) >= 11 is 0. The number of phenolic OH excluding ortho intramolecular Hbond substituents is 1. The van der Waals surface area contributed by atoms with E-state index >= 15 is 0 Å². The van der Waals surface area contributed by atoms with E-state index in [1.54, 1.807) is 12.4 Å². The molecule has 1 amide bonds. The van der Waals surface area contributed by atoms with Gasteiger partial charge in [-0.05, 0) is 53.6 Å². The molecule has 1 saturated heterocycles. The Kier molecular flexibility index (Phi) is 3.67. The Bertz CT molecular complexity index is 1150. The van der Waals surface area contributed by atoms with Crippen LogP contribution in [0.1, 0.15) is 48.7 Å². The molecule has 2 heterocycles. The predicted molar refractivity (Wildman–Crippen MR) is 113 cm³/mol. The Morgan fingerprint density at radius 2 is 2.00 bits per heavy atom. The molecule has 1 unspecified atom stereocenters. The maximum atomic E-state index is 13.6. The van der Waals surface area contributed by atoms with Crippen molar-refractivity contribution in [3.63, 3.8) is 0 Å². The second-order valence-electron chi connectivity index (χ2n) is 9.38. The number of imidazole rings is 1. The highest BCUT2D eigenvalue weighted by Crippen LogP contribution is 2.57. The van der Waals surface area contributed by atoms with Gasteiger partial charge >= 0.3 is 0 Å². The summed E-state index contributed by atoms with van der Waals surface area (Å²) in [5, 5.41) is 10.5. The molecule has 1 fully saturated rings. The zero-order chi connectivity index (χ0) is 20.6. The van der Waals surface area contributed by atoms with E-state index in [-0.39, 0.29) is 22.8 Å². The van der Waals surface area contributed by atoms with Crippen LogP contribution in [-0.2, 0) is 18.9 Å². The van der Waals surface area contributed by atoms with Crippen molar-refractivity contribution in [3.8, 4) is 5.75 Å². The number of benzene rings is 2. The van der Waals surface area contributed by atoms with Gasteiger partial charge in [-0.25, -0.2) is 4.98 Å². The van der Waals surface area contributed by atoms with E-state index < -0.39 is 0 Å². The summed E-state index contributed by atoms with van der Waals surface area (Å²) in [5.41, 5.74) is 4.59. The molecule has 5 heteroatoms. The van der Waals surface area contributed by atoms with Gasteiger partial charge in [-0.15, -0.1) is 0 Å². The summed E-state index contributed by atoms with van der Waals surface area (Å²) < 4.78 is 1.96. The average Bonchev–Trinajstić information content (AvgIpc) is 3.05. The Hall–Kier alpha value is -2.82. The van der Waals surface area contributed by atoms with Crippen molar-refractivity contribution in [1.29, 1.82) is 0 Å². The van der Waals surface area contributed by atoms with Gasteiger partial charge in [0, 0.05) is 30.6 Å². The van der Waals surface area contributed by atoms with Gasteiger partial charge in [0.25, 0.3) is 5.91 Å². The molecular weight excluding hydrogens is 362 g/mol. The van der Waals surface area contributed by atoms with Crippen molar-refractivity contribution in [2.24, 2.45) is 12.5 Å². The number of nitrogens with zero attached hydrogens (tertiary/aromatic N) is 3. The van der Waals surface area contributed by atoms with Gasteiger partial charge < -0.3 is 14.6 Å². The topological polar surface area (TPSA) is 58.4 Å². The lowest BCUT2D eigenvalue weighted by Gasteiger charge is -2.60. The van der Waals surface area contributed by atoms with Crippen molar-refractivity contribution in [2.45, 2.75) is 45.1 Å². The van der Waals surface area contributed by atoms with E-state index in [1.165, 1.54) is 5.56 Å².